The molecule has 2 rings (SSSR count). The van der Waals surface area contributed by atoms with Crippen molar-refractivity contribution in [1.29, 1.82) is 0 Å². The molecule has 0 N–H and O–H groups in total. The second-order valence-electron chi connectivity index (χ2n) is 6.53. The number of carbonyl (C=O) groups excluding carboxylic acids is 3. The highest BCUT2D eigenvalue weighted by atomic mass is 16.6. The molecule has 1 amide bonds. The maximum atomic E-state index is 11.8. The van der Waals surface area contributed by atoms with Gasteiger partial charge >= 0.3 is 12.1 Å². The van der Waals surface area contributed by atoms with Crippen LogP contribution >= 0.6 is 0 Å². The van der Waals surface area contributed by atoms with Crippen LogP contribution in [-0.2, 0) is 19.1 Å². The van der Waals surface area contributed by atoms with Gasteiger partial charge in [0.05, 0.1) is 6.54 Å². The van der Waals surface area contributed by atoms with E-state index in [1.807, 2.05) is 0 Å². The molecule has 0 bridgehead atoms. The minimum absolute atomic E-state index is 0.105. The SMILES string of the molecule is CC(C)(C)OC(=O)CN1CC2(CCC(=O)CC2)OC1=O. The zero-order chi connectivity index (χ0) is 15.0. The summed E-state index contributed by atoms with van der Waals surface area (Å²) >= 11 is 0. The summed E-state index contributed by atoms with van der Waals surface area (Å²) < 4.78 is 10.6. The largest absolute Gasteiger partial charge is 0.459 e. The van der Waals surface area contributed by atoms with Crippen molar-refractivity contribution in [2.45, 2.75) is 57.7 Å². The van der Waals surface area contributed by atoms with E-state index in [1.54, 1.807) is 20.8 Å². The third kappa shape index (κ3) is 3.49. The number of hydrogen-bond donors (Lipinski definition) is 0. The number of ether oxygens (including phenoxy) is 2. The van der Waals surface area contributed by atoms with Crippen LogP contribution in [0.15, 0.2) is 0 Å². The topological polar surface area (TPSA) is 72.9 Å². The van der Waals surface area contributed by atoms with Crippen molar-refractivity contribution in [3.05, 3.63) is 0 Å². The maximum Gasteiger partial charge on any atom is 0.411 e. The maximum absolute atomic E-state index is 11.8. The summed E-state index contributed by atoms with van der Waals surface area (Å²) in [7, 11) is 0. The predicted molar refractivity (Wildman–Crippen MR) is 70.1 cm³/mol. The van der Waals surface area contributed by atoms with Gasteiger partial charge in [-0.25, -0.2) is 4.79 Å². The third-order valence-electron chi connectivity index (χ3n) is 3.50. The number of hydrogen-bond acceptors (Lipinski definition) is 5. The van der Waals surface area contributed by atoms with Crippen molar-refractivity contribution in [3.63, 3.8) is 0 Å². The molecule has 0 radical (unpaired) electrons. The molecule has 2 aliphatic rings. The van der Waals surface area contributed by atoms with E-state index >= 15 is 0 Å². The minimum Gasteiger partial charge on any atom is -0.459 e. The standard InChI is InChI=1S/C14H21NO5/c1-13(2,3)19-11(17)8-15-9-14(20-12(15)18)6-4-10(16)5-7-14/h4-9H2,1-3H3. The van der Waals surface area contributed by atoms with E-state index in [4.69, 9.17) is 9.47 Å². The van der Waals surface area contributed by atoms with E-state index in [2.05, 4.69) is 0 Å². The molecule has 1 heterocycles. The second kappa shape index (κ2) is 5.07. The van der Waals surface area contributed by atoms with Gasteiger partial charge in [0, 0.05) is 12.8 Å². The van der Waals surface area contributed by atoms with Crippen molar-refractivity contribution >= 4 is 17.8 Å². The van der Waals surface area contributed by atoms with Crippen molar-refractivity contribution in [3.8, 4) is 0 Å². The summed E-state index contributed by atoms with van der Waals surface area (Å²) in [5, 5.41) is 0. The number of nitrogens with zero attached hydrogens (tertiary/aromatic N) is 1. The fourth-order valence-electron chi connectivity index (χ4n) is 2.59. The van der Waals surface area contributed by atoms with Crippen molar-refractivity contribution in [1.82, 2.24) is 4.90 Å². The highest BCUT2D eigenvalue weighted by Crippen LogP contribution is 2.35. The molecule has 1 aliphatic heterocycles. The Balaban J connectivity index is 1.93. The molecule has 112 valence electrons. The Kier molecular flexibility index (Phi) is 3.75. The molecule has 1 aliphatic carbocycles. The Labute approximate surface area is 118 Å². The molecule has 0 unspecified atom stereocenters. The van der Waals surface area contributed by atoms with Gasteiger partial charge in [-0.2, -0.15) is 0 Å². The Morgan fingerprint density at radius 1 is 1.30 bits per heavy atom. The highest BCUT2D eigenvalue weighted by molar-refractivity contribution is 5.82. The number of Topliss-reactive ketones (excluding diaryl/α,β-unsaturated/α-hetero) is 1. The molecule has 1 saturated carbocycles. The second-order valence-corrected chi connectivity index (χ2v) is 6.53. The van der Waals surface area contributed by atoms with Gasteiger partial charge in [0.15, 0.2) is 0 Å². The van der Waals surface area contributed by atoms with E-state index in [9.17, 15) is 14.4 Å². The normalized spacial score (nSPS) is 22.1. The molecular formula is C14H21NO5. The molecule has 20 heavy (non-hydrogen) atoms. The fraction of sp³-hybridized carbons (Fsp3) is 0.786. The lowest BCUT2D eigenvalue weighted by atomic mass is 9.84. The molecule has 6 nitrogen and oxygen atoms in total. The average Bonchev–Trinajstić information content (AvgIpc) is 2.58. The zero-order valence-electron chi connectivity index (χ0n) is 12.2. The van der Waals surface area contributed by atoms with Crippen LogP contribution in [0.2, 0.25) is 0 Å². The molecule has 0 aromatic heterocycles. The number of esters is 1. The van der Waals surface area contributed by atoms with Gasteiger partial charge in [0.2, 0.25) is 0 Å². The van der Waals surface area contributed by atoms with E-state index in [-0.39, 0.29) is 12.3 Å². The van der Waals surface area contributed by atoms with Gasteiger partial charge in [-0.05, 0) is 33.6 Å². The van der Waals surface area contributed by atoms with E-state index < -0.39 is 23.3 Å². The molecule has 6 heteroatoms. The first-order valence-corrected chi connectivity index (χ1v) is 6.91. The van der Waals surface area contributed by atoms with Crippen LogP contribution in [-0.4, -0.2) is 47.0 Å². The molecule has 2 fully saturated rings. The predicted octanol–water partition coefficient (Wildman–Crippen LogP) is 1.66. The first-order valence-electron chi connectivity index (χ1n) is 6.91. The number of rotatable bonds is 2. The van der Waals surface area contributed by atoms with Crippen molar-refractivity contribution in [2.75, 3.05) is 13.1 Å². The smallest absolute Gasteiger partial charge is 0.411 e. The number of amides is 1. The first-order chi connectivity index (χ1) is 9.19. The Morgan fingerprint density at radius 3 is 2.45 bits per heavy atom. The lowest BCUT2D eigenvalue weighted by Crippen LogP contribution is -2.40. The number of ketones is 1. The molecule has 0 atom stereocenters. The van der Waals surface area contributed by atoms with Crippen LogP contribution in [0.1, 0.15) is 46.5 Å². The van der Waals surface area contributed by atoms with Gasteiger partial charge in [0.1, 0.15) is 23.5 Å². The summed E-state index contributed by atoms with van der Waals surface area (Å²) in [6, 6.07) is 0. The van der Waals surface area contributed by atoms with Crippen LogP contribution in [0, 0.1) is 0 Å². The molecule has 0 aromatic carbocycles. The molecule has 1 spiro atoms. The molecule has 0 aromatic rings. The lowest BCUT2D eigenvalue weighted by Gasteiger charge is -2.30. The third-order valence-corrected chi connectivity index (χ3v) is 3.50. The summed E-state index contributed by atoms with van der Waals surface area (Å²) in [6.45, 7) is 5.59. The fourth-order valence-corrected chi connectivity index (χ4v) is 2.59. The lowest BCUT2D eigenvalue weighted by molar-refractivity contribution is -0.155. The Morgan fingerprint density at radius 2 is 1.90 bits per heavy atom. The van der Waals surface area contributed by atoms with Gasteiger partial charge in [-0.15, -0.1) is 0 Å². The van der Waals surface area contributed by atoms with Crippen LogP contribution in [0.25, 0.3) is 0 Å². The zero-order valence-corrected chi connectivity index (χ0v) is 12.2. The van der Waals surface area contributed by atoms with Gasteiger partial charge < -0.3 is 9.47 Å². The van der Waals surface area contributed by atoms with Gasteiger partial charge in [-0.1, -0.05) is 0 Å². The van der Waals surface area contributed by atoms with Crippen molar-refractivity contribution in [2.24, 2.45) is 0 Å². The van der Waals surface area contributed by atoms with E-state index in [1.165, 1.54) is 4.90 Å². The summed E-state index contributed by atoms with van der Waals surface area (Å²) in [4.78, 5) is 36.2. The van der Waals surface area contributed by atoms with E-state index in [0.29, 0.717) is 32.2 Å². The van der Waals surface area contributed by atoms with Crippen LogP contribution in [0.3, 0.4) is 0 Å². The average molecular weight is 283 g/mol. The first kappa shape index (κ1) is 14.8. The van der Waals surface area contributed by atoms with Crippen LogP contribution in [0.4, 0.5) is 4.79 Å². The van der Waals surface area contributed by atoms with Crippen LogP contribution in [0.5, 0.6) is 0 Å². The van der Waals surface area contributed by atoms with Gasteiger partial charge in [0.25, 0.3) is 0 Å². The Hall–Kier alpha value is -1.59. The van der Waals surface area contributed by atoms with Crippen molar-refractivity contribution < 1.29 is 23.9 Å². The highest BCUT2D eigenvalue weighted by Gasteiger charge is 2.47. The molecule has 1 saturated heterocycles. The Bertz CT molecular complexity index is 427. The summed E-state index contributed by atoms with van der Waals surface area (Å²) in [6.07, 6.45) is 1.47. The minimum atomic E-state index is -0.590. The summed E-state index contributed by atoms with van der Waals surface area (Å²) in [5.41, 5.74) is -1.16. The summed E-state index contributed by atoms with van der Waals surface area (Å²) in [5.74, 6) is -0.240. The van der Waals surface area contributed by atoms with Crippen LogP contribution < -0.4 is 0 Å². The van der Waals surface area contributed by atoms with E-state index in [0.717, 1.165) is 0 Å². The van der Waals surface area contributed by atoms with Gasteiger partial charge in [-0.3, -0.25) is 14.5 Å². The number of carbonyl (C=O) groups is 3. The molecular weight excluding hydrogens is 262 g/mol. The monoisotopic (exact) mass is 283 g/mol. The quantitative estimate of drug-likeness (QED) is 0.721.